The van der Waals surface area contributed by atoms with Crippen LogP contribution in [0.3, 0.4) is 0 Å². The van der Waals surface area contributed by atoms with E-state index in [1.165, 1.54) is 18.0 Å². The molecule has 1 atom stereocenters. The van der Waals surface area contributed by atoms with E-state index in [1.54, 1.807) is 11.3 Å². The first kappa shape index (κ1) is 15.7. The molecular weight excluding hydrogens is 268 g/mol. The van der Waals surface area contributed by atoms with Crippen molar-refractivity contribution in [3.63, 3.8) is 0 Å². The summed E-state index contributed by atoms with van der Waals surface area (Å²) in [6, 6.07) is 0.656. The van der Waals surface area contributed by atoms with Crippen LogP contribution < -0.4 is 10.2 Å². The molecule has 2 rings (SSSR count). The summed E-state index contributed by atoms with van der Waals surface area (Å²) in [7, 11) is 4.35. The van der Waals surface area contributed by atoms with Crippen molar-refractivity contribution in [2.45, 2.75) is 51.7 Å². The summed E-state index contributed by atoms with van der Waals surface area (Å²) in [5.74, 6) is 0. The maximum atomic E-state index is 4.79. The van der Waals surface area contributed by atoms with E-state index in [9.17, 15) is 0 Å². The standard InChI is InChI=1S/C15H28N4S/c1-15(2,3)16-9-12-11-20-14(17-12)19-8-6-7-13(10-19)18(4)5/h11,13,16H,6-10H2,1-5H3. The van der Waals surface area contributed by atoms with Gasteiger partial charge in [0.05, 0.1) is 5.69 Å². The van der Waals surface area contributed by atoms with Crippen molar-refractivity contribution in [1.29, 1.82) is 0 Å². The largest absolute Gasteiger partial charge is 0.347 e. The summed E-state index contributed by atoms with van der Waals surface area (Å²) < 4.78 is 0. The Hall–Kier alpha value is -0.650. The van der Waals surface area contributed by atoms with Crippen LogP contribution in [0.5, 0.6) is 0 Å². The first-order chi connectivity index (χ1) is 9.35. The zero-order valence-electron chi connectivity index (χ0n) is 13.4. The predicted octanol–water partition coefficient (Wildman–Crippen LogP) is 2.56. The van der Waals surface area contributed by atoms with E-state index in [4.69, 9.17) is 4.98 Å². The van der Waals surface area contributed by atoms with Gasteiger partial charge in [0.15, 0.2) is 5.13 Å². The van der Waals surface area contributed by atoms with Gasteiger partial charge in [0.25, 0.3) is 0 Å². The highest BCUT2D eigenvalue weighted by molar-refractivity contribution is 7.13. The summed E-state index contributed by atoms with van der Waals surface area (Å²) in [6.45, 7) is 9.66. The monoisotopic (exact) mass is 296 g/mol. The molecule has 114 valence electrons. The highest BCUT2D eigenvalue weighted by Gasteiger charge is 2.23. The van der Waals surface area contributed by atoms with E-state index in [0.29, 0.717) is 6.04 Å². The molecule has 0 radical (unpaired) electrons. The van der Waals surface area contributed by atoms with E-state index < -0.39 is 0 Å². The lowest BCUT2D eigenvalue weighted by atomic mass is 10.1. The molecule has 0 saturated carbocycles. The second-order valence-electron chi connectivity index (χ2n) is 6.93. The lowest BCUT2D eigenvalue weighted by Gasteiger charge is -2.35. The van der Waals surface area contributed by atoms with Crippen molar-refractivity contribution in [2.75, 3.05) is 32.1 Å². The lowest BCUT2D eigenvalue weighted by Crippen LogP contribution is -2.45. The Balaban J connectivity index is 1.94. The minimum atomic E-state index is 0.144. The van der Waals surface area contributed by atoms with Crippen LogP contribution in [-0.2, 0) is 6.54 Å². The number of nitrogens with zero attached hydrogens (tertiary/aromatic N) is 3. The van der Waals surface area contributed by atoms with Gasteiger partial charge < -0.3 is 15.1 Å². The molecule has 1 fully saturated rings. The van der Waals surface area contributed by atoms with Crippen molar-refractivity contribution in [3.8, 4) is 0 Å². The molecule has 4 nitrogen and oxygen atoms in total. The summed E-state index contributed by atoms with van der Waals surface area (Å²) >= 11 is 1.78. The smallest absolute Gasteiger partial charge is 0.185 e. The van der Waals surface area contributed by atoms with Crippen molar-refractivity contribution < 1.29 is 0 Å². The molecule has 1 aromatic heterocycles. The number of rotatable bonds is 4. The normalized spacial score (nSPS) is 20.7. The number of likely N-dealkylation sites (N-methyl/N-ethyl adjacent to an activating group) is 1. The van der Waals surface area contributed by atoms with Gasteiger partial charge in [-0.1, -0.05) is 0 Å². The lowest BCUT2D eigenvalue weighted by molar-refractivity contribution is 0.258. The highest BCUT2D eigenvalue weighted by Crippen LogP contribution is 2.25. The zero-order chi connectivity index (χ0) is 14.8. The Morgan fingerprint density at radius 1 is 1.45 bits per heavy atom. The molecule has 0 aromatic carbocycles. The van der Waals surface area contributed by atoms with Gasteiger partial charge in [0, 0.05) is 36.6 Å². The Bertz CT molecular complexity index is 422. The molecule has 20 heavy (non-hydrogen) atoms. The van der Waals surface area contributed by atoms with Gasteiger partial charge in [-0.3, -0.25) is 0 Å². The number of nitrogens with one attached hydrogen (secondary N) is 1. The quantitative estimate of drug-likeness (QED) is 0.925. The van der Waals surface area contributed by atoms with Crippen molar-refractivity contribution in [1.82, 2.24) is 15.2 Å². The van der Waals surface area contributed by atoms with Crippen LogP contribution in [0.25, 0.3) is 0 Å². The van der Waals surface area contributed by atoms with Crippen LogP contribution in [0.2, 0.25) is 0 Å². The maximum absolute atomic E-state index is 4.79. The molecule has 1 aromatic rings. The SMILES string of the molecule is CN(C)C1CCCN(c2nc(CNC(C)(C)C)cs2)C1. The molecule has 1 aliphatic heterocycles. The average Bonchev–Trinajstić information content (AvgIpc) is 2.84. The van der Waals surface area contributed by atoms with Gasteiger partial charge >= 0.3 is 0 Å². The summed E-state index contributed by atoms with van der Waals surface area (Å²) in [5.41, 5.74) is 1.30. The number of anilines is 1. The van der Waals surface area contributed by atoms with E-state index >= 15 is 0 Å². The first-order valence-electron chi connectivity index (χ1n) is 7.46. The minimum Gasteiger partial charge on any atom is -0.347 e. The Morgan fingerprint density at radius 3 is 2.85 bits per heavy atom. The predicted molar refractivity (Wildman–Crippen MR) is 87.6 cm³/mol. The van der Waals surface area contributed by atoms with Crippen molar-refractivity contribution in [2.24, 2.45) is 0 Å². The second kappa shape index (κ2) is 6.41. The van der Waals surface area contributed by atoms with E-state index in [2.05, 4.69) is 55.4 Å². The number of aromatic nitrogens is 1. The zero-order valence-corrected chi connectivity index (χ0v) is 14.3. The van der Waals surface area contributed by atoms with Crippen LogP contribution in [0.1, 0.15) is 39.3 Å². The summed E-state index contributed by atoms with van der Waals surface area (Å²) in [5, 5.41) is 6.87. The van der Waals surface area contributed by atoms with E-state index in [-0.39, 0.29) is 5.54 Å². The van der Waals surface area contributed by atoms with Gasteiger partial charge in [-0.05, 0) is 47.7 Å². The molecule has 1 unspecified atom stereocenters. The Morgan fingerprint density at radius 2 is 2.20 bits per heavy atom. The molecule has 2 heterocycles. The van der Waals surface area contributed by atoms with Crippen LogP contribution in [-0.4, -0.2) is 48.6 Å². The molecule has 0 bridgehead atoms. The van der Waals surface area contributed by atoms with Crippen LogP contribution >= 0.6 is 11.3 Å². The fourth-order valence-electron chi connectivity index (χ4n) is 2.43. The molecule has 0 aliphatic carbocycles. The Labute approximate surface area is 127 Å². The number of piperidine rings is 1. The second-order valence-corrected chi connectivity index (χ2v) is 7.77. The minimum absolute atomic E-state index is 0.144. The molecule has 0 spiro atoms. The average molecular weight is 296 g/mol. The van der Waals surface area contributed by atoms with Gasteiger partial charge in [-0.25, -0.2) is 4.98 Å². The fourth-order valence-corrected chi connectivity index (χ4v) is 3.29. The molecular formula is C15H28N4S. The van der Waals surface area contributed by atoms with Gasteiger partial charge in [0.1, 0.15) is 0 Å². The first-order valence-corrected chi connectivity index (χ1v) is 8.34. The molecule has 1 saturated heterocycles. The van der Waals surface area contributed by atoms with Crippen molar-refractivity contribution in [3.05, 3.63) is 11.1 Å². The topological polar surface area (TPSA) is 31.4 Å². The van der Waals surface area contributed by atoms with Crippen LogP contribution in [0.15, 0.2) is 5.38 Å². The number of hydrogen-bond acceptors (Lipinski definition) is 5. The van der Waals surface area contributed by atoms with Crippen molar-refractivity contribution >= 4 is 16.5 Å². The molecule has 5 heteroatoms. The third-order valence-electron chi connectivity index (χ3n) is 3.74. The molecule has 1 N–H and O–H groups in total. The summed E-state index contributed by atoms with van der Waals surface area (Å²) in [4.78, 5) is 9.57. The third-order valence-corrected chi connectivity index (χ3v) is 4.69. The van der Waals surface area contributed by atoms with E-state index in [1.807, 2.05) is 0 Å². The van der Waals surface area contributed by atoms with Crippen LogP contribution in [0, 0.1) is 0 Å². The molecule has 0 amide bonds. The van der Waals surface area contributed by atoms with E-state index in [0.717, 1.165) is 25.3 Å². The van der Waals surface area contributed by atoms with Gasteiger partial charge in [-0.15, -0.1) is 11.3 Å². The summed E-state index contributed by atoms with van der Waals surface area (Å²) in [6.07, 6.45) is 2.56. The number of thiazole rings is 1. The molecule has 1 aliphatic rings. The fraction of sp³-hybridized carbons (Fsp3) is 0.800. The third kappa shape index (κ3) is 4.43. The van der Waals surface area contributed by atoms with Gasteiger partial charge in [0.2, 0.25) is 0 Å². The highest BCUT2D eigenvalue weighted by atomic mass is 32.1. The Kier molecular flexibility index (Phi) is 5.04. The van der Waals surface area contributed by atoms with Crippen LogP contribution in [0.4, 0.5) is 5.13 Å². The van der Waals surface area contributed by atoms with Gasteiger partial charge in [-0.2, -0.15) is 0 Å². The maximum Gasteiger partial charge on any atom is 0.185 e. The number of hydrogen-bond donors (Lipinski definition) is 1.